The summed E-state index contributed by atoms with van der Waals surface area (Å²) in [6, 6.07) is 4.15. The maximum absolute atomic E-state index is 9.89. The van der Waals surface area contributed by atoms with Crippen molar-refractivity contribution in [2.45, 2.75) is 32.8 Å². The molecule has 2 heterocycles. The number of aliphatic hydroxyl groups excluding tert-OH is 1. The molecule has 3 nitrogen and oxygen atoms in total. The lowest BCUT2D eigenvalue weighted by molar-refractivity contribution is 0.123. The Balaban J connectivity index is 2.17. The second-order valence-corrected chi connectivity index (χ2v) is 6.81. The Morgan fingerprint density at radius 2 is 2.24 bits per heavy atom. The molecule has 0 amide bonds. The van der Waals surface area contributed by atoms with Gasteiger partial charge in [0.05, 0.1) is 6.10 Å². The smallest absolute Gasteiger partial charge is 0.128 e. The molecule has 1 aliphatic rings. The molecule has 0 bridgehead atoms. The number of halogens is 1. The number of anilines is 1. The number of hydrogen-bond acceptors (Lipinski definition) is 3. The molecule has 0 aliphatic carbocycles. The first-order valence-corrected chi connectivity index (χ1v) is 7.09. The first kappa shape index (κ1) is 13.1. The van der Waals surface area contributed by atoms with E-state index in [1.165, 1.54) is 0 Å². The molecule has 1 aromatic rings. The fourth-order valence-electron chi connectivity index (χ4n) is 2.46. The summed E-state index contributed by atoms with van der Waals surface area (Å²) in [5.41, 5.74) is 0.139. The quantitative estimate of drug-likeness (QED) is 0.795. The van der Waals surface area contributed by atoms with E-state index < -0.39 is 0 Å². The molecule has 17 heavy (non-hydrogen) atoms. The van der Waals surface area contributed by atoms with Crippen LogP contribution >= 0.6 is 22.6 Å². The van der Waals surface area contributed by atoms with Crippen molar-refractivity contribution in [1.82, 2.24) is 4.98 Å². The summed E-state index contributed by atoms with van der Waals surface area (Å²) in [6.07, 6.45) is 3.41. The van der Waals surface area contributed by atoms with Gasteiger partial charge in [0.15, 0.2) is 0 Å². The normalized spacial score (nSPS) is 24.5. The monoisotopic (exact) mass is 346 g/mol. The van der Waals surface area contributed by atoms with Crippen molar-refractivity contribution in [1.29, 1.82) is 0 Å². The number of aromatic nitrogens is 1. The number of pyridine rings is 1. The van der Waals surface area contributed by atoms with Crippen LogP contribution in [0.25, 0.3) is 0 Å². The van der Waals surface area contributed by atoms with Crippen molar-refractivity contribution in [3.05, 3.63) is 21.9 Å². The first-order valence-electron chi connectivity index (χ1n) is 6.01. The summed E-state index contributed by atoms with van der Waals surface area (Å²) in [5.74, 6) is 1.02. The lowest BCUT2D eigenvalue weighted by Gasteiger charge is -2.30. The Kier molecular flexibility index (Phi) is 3.92. The Morgan fingerprint density at radius 1 is 1.47 bits per heavy atom. The van der Waals surface area contributed by atoms with E-state index in [0.29, 0.717) is 0 Å². The molecule has 0 saturated carbocycles. The third kappa shape index (κ3) is 3.55. The highest BCUT2D eigenvalue weighted by Crippen LogP contribution is 2.30. The lowest BCUT2D eigenvalue weighted by Crippen LogP contribution is -2.33. The molecule has 1 aromatic heterocycles. The highest BCUT2D eigenvalue weighted by molar-refractivity contribution is 14.1. The predicted octanol–water partition coefficient (Wildman–Crippen LogP) is 2.67. The molecular formula is C13H19IN2O. The van der Waals surface area contributed by atoms with Crippen molar-refractivity contribution >= 4 is 28.4 Å². The van der Waals surface area contributed by atoms with Gasteiger partial charge in [-0.1, -0.05) is 13.8 Å². The van der Waals surface area contributed by atoms with E-state index in [4.69, 9.17) is 0 Å². The van der Waals surface area contributed by atoms with E-state index >= 15 is 0 Å². The Hall–Kier alpha value is -0.360. The van der Waals surface area contributed by atoms with Gasteiger partial charge in [0, 0.05) is 22.9 Å². The molecule has 1 saturated heterocycles. The minimum absolute atomic E-state index is 0.139. The number of nitrogens with zero attached hydrogens (tertiary/aromatic N) is 2. The van der Waals surface area contributed by atoms with E-state index in [0.717, 1.165) is 35.3 Å². The van der Waals surface area contributed by atoms with E-state index in [9.17, 15) is 5.11 Å². The summed E-state index contributed by atoms with van der Waals surface area (Å²) in [5, 5.41) is 9.89. The molecule has 0 spiro atoms. The SMILES string of the molecule is CC1(C)CC(O)CCN(c2ccc(I)cn2)C1. The van der Waals surface area contributed by atoms with E-state index in [-0.39, 0.29) is 11.5 Å². The van der Waals surface area contributed by atoms with Gasteiger partial charge >= 0.3 is 0 Å². The lowest BCUT2D eigenvalue weighted by atomic mass is 9.87. The zero-order valence-electron chi connectivity index (χ0n) is 10.4. The van der Waals surface area contributed by atoms with Gasteiger partial charge in [0.25, 0.3) is 0 Å². The van der Waals surface area contributed by atoms with Gasteiger partial charge in [0.1, 0.15) is 5.82 Å². The van der Waals surface area contributed by atoms with Gasteiger partial charge < -0.3 is 10.0 Å². The fraction of sp³-hybridized carbons (Fsp3) is 0.615. The third-order valence-corrected chi connectivity index (χ3v) is 3.81. The van der Waals surface area contributed by atoms with E-state index in [2.05, 4.69) is 58.5 Å². The standard InChI is InChI=1S/C13H19IN2O/c1-13(2)7-11(17)5-6-16(9-13)12-4-3-10(14)8-15-12/h3-4,8,11,17H,5-7,9H2,1-2H3. The summed E-state index contributed by atoms with van der Waals surface area (Å²) < 4.78 is 1.15. The summed E-state index contributed by atoms with van der Waals surface area (Å²) in [7, 11) is 0. The van der Waals surface area contributed by atoms with Gasteiger partial charge in [-0.15, -0.1) is 0 Å². The summed E-state index contributed by atoms with van der Waals surface area (Å²) >= 11 is 2.26. The molecule has 94 valence electrons. The molecular weight excluding hydrogens is 327 g/mol. The maximum atomic E-state index is 9.89. The number of aliphatic hydroxyl groups is 1. The number of rotatable bonds is 1. The molecule has 1 unspecified atom stereocenters. The summed E-state index contributed by atoms with van der Waals surface area (Å²) in [6.45, 7) is 6.26. The van der Waals surface area contributed by atoms with Gasteiger partial charge in [-0.2, -0.15) is 0 Å². The largest absolute Gasteiger partial charge is 0.393 e. The molecule has 0 radical (unpaired) electrons. The van der Waals surface area contributed by atoms with Crippen LogP contribution in [0, 0.1) is 8.99 Å². The van der Waals surface area contributed by atoms with Crippen LogP contribution in [0.2, 0.25) is 0 Å². The Labute approximate surface area is 116 Å². The zero-order valence-corrected chi connectivity index (χ0v) is 12.5. The highest BCUT2D eigenvalue weighted by Gasteiger charge is 2.29. The van der Waals surface area contributed by atoms with Crippen LogP contribution in [0.1, 0.15) is 26.7 Å². The third-order valence-electron chi connectivity index (χ3n) is 3.18. The Morgan fingerprint density at radius 3 is 2.88 bits per heavy atom. The van der Waals surface area contributed by atoms with Crippen molar-refractivity contribution < 1.29 is 5.11 Å². The molecule has 4 heteroatoms. The molecule has 1 aliphatic heterocycles. The second kappa shape index (κ2) is 5.10. The van der Waals surface area contributed by atoms with Gasteiger partial charge in [-0.3, -0.25) is 0 Å². The fourth-order valence-corrected chi connectivity index (χ4v) is 2.77. The van der Waals surface area contributed by atoms with Crippen LogP contribution in [0.4, 0.5) is 5.82 Å². The molecule has 0 aromatic carbocycles. The molecule has 1 N–H and O–H groups in total. The van der Waals surface area contributed by atoms with Gasteiger partial charge in [0.2, 0.25) is 0 Å². The molecule has 2 rings (SSSR count). The van der Waals surface area contributed by atoms with Gasteiger partial charge in [-0.05, 0) is 53.0 Å². The Bertz CT molecular complexity index is 378. The van der Waals surface area contributed by atoms with Crippen LogP contribution in [0.15, 0.2) is 18.3 Å². The zero-order chi connectivity index (χ0) is 12.5. The summed E-state index contributed by atoms with van der Waals surface area (Å²) in [4.78, 5) is 6.76. The minimum Gasteiger partial charge on any atom is -0.393 e. The van der Waals surface area contributed by atoms with E-state index in [1.54, 1.807) is 0 Å². The first-order chi connectivity index (χ1) is 7.96. The molecule has 1 atom stereocenters. The van der Waals surface area contributed by atoms with Crippen molar-refractivity contribution in [3.8, 4) is 0 Å². The molecule has 1 fully saturated rings. The maximum Gasteiger partial charge on any atom is 0.128 e. The van der Waals surface area contributed by atoms with Crippen LogP contribution in [-0.4, -0.2) is 29.3 Å². The number of hydrogen-bond donors (Lipinski definition) is 1. The second-order valence-electron chi connectivity index (χ2n) is 5.57. The average molecular weight is 346 g/mol. The van der Waals surface area contributed by atoms with Crippen LogP contribution < -0.4 is 4.90 Å². The van der Waals surface area contributed by atoms with Crippen LogP contribution in [0.5, 0.6) is 0 Å². The minimum atomic E-state index is -0.182. The van der Waals surface area contributed by atoms with Crippen LogP contribution in [0.3, 0.4) is 0 Å². The average Bonchev–Trinajstić information content (AvgIpc) is 2.37. The van der Waals surface area contributed by atoms with Crippen molar-refractivity contribution in [3.63, 3.8) is 0 Å². The predicted molar refractivity (Wildman–Crippen MR) is 78.2 cm³/mol. The van der Waals surface area contributed by atoms with E-state index in [1.807, 2.05) is 6.20 Å². The topological polar surface area (TPSA) is 36.4 Å². The van der Waals surface area contributed by atoms with Crippen LogP contribution in [-0.2, 0) is 0 Å². The highest BCUT2D eigenvalue weighted by atomic mass is 127. The van der Waals surface area contributed by atoms with Crippen molar-refractivity contribution in [2.24, 2.45) is 5.41 Å². The van der Waals surface area contributed by atoms with Crippen molar-refractivity contribution in [2.75, 3.05) is 18.0 Å². The van der Waals surface area contributed by atoms with Gasteiger partial charge in [-0.25, -0.2) is 4.98 Å².